The first kappa shape index (κ1) is 16.8. The topological polar surface area (TPSA) is 78.9 Å². The van der Waals surface area contributed by atoms with Crippen molar-refractivity contribution < 1.29 is 18.3 Å². The molecule has 1 aliphatic rings. The van der Waals surface area contributed by atoms with Gasteiger partial charge in [0.25, 0.3) is 10.2 Å². The van der Waals surface area contributed by atoms with Crippen molar-refractivity contribution in [2.75, 3.05) is 33.4 Å². The van der Waals surface area contributed by atoms with Crippen LogP contribution in [0.15, 0.2) is 0 Å². The van der Waals surface area contributed by atoms with Crippen molar-refractivity contribution in [1.82, 2.24) is 9.03 Å². The van der Waals surface area contributed by atoms with Gasteiger partial charge in [0, 0.05) is 32.8 Å². The number of aliphatic hydroxyl groups is 1. The van der Waals surface area contributed by atoms with Crippen LogP contribution >= 0.6 is 0 Å². The van der Waals surface area contributed by atoms with Gasteiger partial charge in [0.2, 0.25) is 0 Å². The SMILES string of the molecule is COCC(CCO)NS(=O)(=O)N1CC(C)CC(C)C1. The predicted octanol–water partition coefficient (Wildman–Crippen LogP) is 0.196. The molecule has 3 atom stereocenters. The molecule has 0 aromatic rings. The van der Waals surface area contributed by atoms with Crippen molar-refractivity contribution >= 4 is 10.2 Å². The van der Waals surface area contributed by atoms with Crippen molar-refractivity contribution in [1.29, 1.82) is 0 Å². The molecular weight excluding hydrogens is 268 g/mol. The third kappa shape index (κ3) is 5.35. The van der Waals surface area contributed by atoms with E-state index < -0.39 is 10.2 Å². The molecule has 0 aromatic heterocycles. The fraction of sp³-hybridized carbons (Fsp3) is 1.00. The van der Waals surface area contributed by atoms with Gasteiger partial charge in [0.1, 0.15) is 0 Å². The van der Waals surface area contributed by atoms with Crippen molar-refractivity contribution in [3.05, 3.63) is 0 Å². The predicted molar refractivity (Wildman–Crippen MR) is 73.9 cm³/mol. The van der Waals surface area contributed by atoms with Gasteiger partial charge in [-0.3, -0.25) is 0 Å². The molecule has 19 heavy (non-hydrogen) atoms. The Hall–Kier alpha value is -0.210. The monoisotopic (exact) mass is 294 g/mol. The summed E-state index contributed by atoms with van der Waals surface area (Å²) in [5.41, 5.74) is 0. The highest BCUT2D eigenvalue weighted by molar-refractivity contribution is 7.87. The van der Waals surface area contributed by atoms with E-state index in [0.717, 1.165) is 6.42 Å². The van der Waals surface area contributed by atoms with E-state index in [0.29, 0.717) is 31.3 Å². The highest BCUT2D eigenvalue weighted by Crippen LogP contribution is 2.22. The Morgan fingerprint density at radius 3 is 2.42 bits per heavy atom. The van der Waals surface area contributed by atoms with E-state index in [1.807, 2.05) is 0 Å². The maximum Gasteiger partial charge on any atom is 0.279 e. The third-order valence-electron chi connectivity index (χ3n) is 3.34. The average molecular weight is 294 g/mol. The molecule has 0 amide bonds. The van der Waals surface area contributed by atoms with E-state index in [2.05, 4.69) is 18.6 Å². The first-order chi connectivity index (χ1) is 8.89. The first-order valence-electron chi connectivity index (χ1n) is 6.76. The Morgan fingerprint density at radius 1 is 1.37 bits per heavy atom. The average Bonchev–Trinajstić information content (AvgIpc) is 2.27. The summed E-state index contributed by atoms with van der Waals surface area (Å²) in [4.78, 5) is 0. The molecule has 0 aromatic carbocycles. The Kier molecular flexibility index (Phi) is 6.68. The standard InChI is InChI=1S/C12H26N2O4S/c1-10-6-11(2)8-14(7-10)19(16,17)13-12(4-5-15)9-18-3/h10-13,15H,4-9H2,1-3H3. The Morgan fingerprint density at radius 2 is 1.95 bits per heavy atom. The number of nitrogens with zero attached hydrogens (tertiary/aromatic N) is 1. The van der Waals surface area contributed by atoms with Gasteiger partial charge < -0.3 is 9.84 Å². The van der Waals surface area contributed by atoms with Crippen LogP contribution in [0.2, 0.25) is 0 Å². The summed E-state index contributed by atoms with van der Waals surface area (Å²) in [6, 6.07) is -0.382. The van der Waals surface area contributed by atoms with E-state index in [4.69, 9.17) is 9.84 Å². The number of nitrogens with one attached hydrogen (secondary N) is 1. The van der Waals surface area contributed by atoms with Crippen LogP contribution in [0.5, 0.6) is 0 Å². The number of hydrogen-bond acceptors (Lipinski definition) is 4. The molecule has 0 saturated carbocycles. The minimum Gasteiger partial charge on any atom is -0.396 e. The molecule has 114 valence electrons. The summed E-state index contributed by atoms with van der Waals surface area (Å²) in [6.45, 7) is 5.44. The lowest BCUT2D eigenvalue weighted by atomic mass is 9.94. The van der Waals surface area contributed by atoms with Gasteiger partial charge in [-0.1, -0.05) is 13.8 Å². The molecule has 1 aliphatic heterocycles. The lowest BCUT2D eigenvalue weighted by molar-refractivity contribution is 0.155. The molecule has 0 spiro atoms. The molecular formula is C12H26N2O4S. The summed E-state index contributed by atoms with van der Waals surface area (Å²) < 4.78 is 33.7. The van der Waals surface area contributed by atoms with Gasteiger partial charge in [-0.2, -0.15) is 17.4 Å². The fourth-order valence-electron chi connectivity index (χ4n) is 2.62. The molecule has 7 heteroatoms. The molecule has 1 fully saturated rings. The van der Waals surface area contributed by atoms with Gasteiger partial charge in [0.15, 0.2) is 0 Å². The number of methoxy groups -OCH3 is 1. The van der Waals surface area contributed by atoms with Crippen LogP contribution in [-0.2, 0) is 14.9 Å². The minimum absolute atomic E-state index is 0.0661. The maximum atomic E-state index is 12.3. The minimum atomic E-state index is -3.50. The normalized spacial score (nSPS) is 27.4. The van der Waals surface area contributed by atoms with Crippen LogP contribution in [-0.4, -0.2) is 57.3 Å². The van der Waals surface area contributed by atoms with Crippen LogP contribution in [0.1, 0.15) is 26.7 Å². The molecule has 1 rings (SSSR count). The Balaban J connectivity index is 2.67. The molecule has 6 nitrogen and oxygen atoms in total. The van der Waals surface area contributed by atoms with Crippen molar-refractivity contribution in [2.45, 2.75) is 32.7 Å². The van der Waals surface area contributed by atoms with E-state index >= 15 is 0 Å². The first-order valence-corrected chi connectivity index (χ1v) is 8.20. The largest absolute Gasteiger partial charge is 0.396 e. The third-order valence-corrected chi connectivity index (χ3v) is 4.95. The lowest BCUT2D eigenvalue weighted by Gasteiger charge is -2.34. The van der Waals surface area contributed by atoms with Crippen LogP contribution in [0.3, 0.4) is 0 Å². The highest BCUT2D eigenvalue weighted by atomic mass is 32.2. The number of aliphatic hydroxyl groups excluding tert-OH is 1. The quantitative estimate of drug-likeness (QED) is 0.703. The zero-order valence-electron chi connectivity index (χ0n) is 12.0. The summed E-state index contributed by atoms with van der Waals surface area (Å²) in [5.74, 6) is 0.748. The zero-order chi connectivity index (χ0) is 14.5. The number of piperidine rings is 1. The van der Waals surface area contributed by atoms with Gasteiger partial charge >= 0.3 is 0 Å². The molecule has 0 bridgehead atoms. The molecule has 1 heterocycles. The molecule has 3 unspecified atom stereocenters. The maximum absolute atomic E-state index is 12.3. The number of hydrogen-bond donors (Lipinski definition) is 2. The smallest absolute Gasteiger partial charge is 0.279 e. The molecule has 0 radical (unpaired) electrons. The lowest BCUT2D eigenvalue weighted by Crippen LogP contribution is -2.51. The highest BCUT2D eigenvalue weighted by Gasteiger charge is 2.31. The summed E-state index contributed by atoms with van der Waals surface area (Å²) in [7, 11) is -1.98. The second-order valence-corrected chi connectivity index (χ2v) is 7.25. The second-order valence-electron chi connectivity index (χ2n) is 5.55. The van der Waals surface area contributed by atoms with Crippen LogP contribution in [0.25, 0.3) is 0 Å². The van der Waals surface area contributed by atoms with Crippen LogP contribution < -0.4 is 4.72 Å². The summed E-state index contributed by atoms with van der Waals surface area (Å²) in [5, 5.41) is 8.95. The van der Waals surface area contributed by atoms with E-state index in [1.54, 1.807) is 0 Å². The fourth-order valence-corrected chi connectivity index (χ4v) is 4.28. The molecule has 2 N–H and O–H groups in total. The van der Waals surface area contributed by atoms with E-state index in [9.17, 15) is 8.42 Å². The van der Waals surface area contributed by atoms with Crippen LogP contribution in [0.4, 0.5) is 0 Å². The summed E-state index contributed by atoms with van der Waals surface area (Å²) >= 11 is 0. The summed E-state index contributed by atoms with van der Waals surface area (Å²) in [6.07, 6.45) is 1.41. The Labute approximate surface area is 116 Å². The van der Waals surface area contributed by atoms with E-state index in [1.165, 1.54) is 11.4 Å². The number of ether oxygens (including phenoxy) is 1. The zero-order valence-corrected chi connectivity index (χ0v) is 12.8. The van der Waals surface area contributed by atoms with Crippen molar-refractivity contribution in [2.24, 2.45) is 11.8 Å². The molecule has 0 aliphatic carbocycles. The Bertz CT molecular complexity index is 345. The van der Waals surface area contributed by atoms with Gasteiger partial charge in [-0.15, -0.1) is 0 Å². The van der Waals surface area contributed by atoms with Gasteiger partial charge in [-0.25, -0.2) is 0 Å². The molecule has 1 saturated heterocycles. The number of rotatable bonds is 7. The van der Waals surface area contributed by atoms with E-state index in [-0.39, 0.29) is 19.3 Å². The van der Waals surface area contributed by atoms with Crippen molar-refractivity contribution in [3.63, 3.8) is 0 Å². The van der Waals surface area contributed by atoms with Gasteiger partial charge in [-0.05, 0) is 24.7 Å². The second kappa shape index (κ2) is 7.54. The van der Waals surface area contributed by atoms with Gasteiger partial charge in [0.05, 0.1) is 6.61 Å². The van der Waals surface area contributed by atoms with Crippen LogP contribution in [0, 0.1) is 11.8 Å². The van der Waals surface area contributed by atoms with Crippen molar-refractivity contribution in [3.8, 4) is 0 Å².